The minimum atomic E-state index is 0.606. The zero-order valence-corrected chi connectivity index (χ0v) is 11.6. The molecule has 1 aromatic carbocycles. The van der Waals surface area contributed by atoms with Crippen molar-refractivity contribution in [3.63, 3.8) is 0 Å². The fourth-order valence-electron chi connectivity index (χ4n) is 2.25. The van der Waals surface area contributed by atoms with Crippen LogP contribution in [0, 0.1) is 0 Å². The monoisotopic (exact) mass is 281 g/mol. The lowest BCUT2D eigenvalue weighted by atomic mass is 10.2. The molecular weight excluding hydrogens is 270 g/mol. The molecule has 0 amide bonds. The molecule has 3 heterocycles. The van der Waals surface area contributed by atoms with Crippen LogP contribution in [0.15, 0.2) is 41.9 Å². The van der Waals surface area contributed by atoms with E-state index >= 15 is 0 Å². The molecular formula is C14H11N5S. The summed E-state index contributed by atoms with van der Waals surface area (Å²) in [6, 6.07) is 10.1. The molecule has 0 bridgehead atoms. The molecule has 0 saturated carbocycles. The number of hydrogen-bond acceptors (Lipinski definition) is 5. The van der Waals surface area contributed by atoms with E-state index in [1.54, 1.807) is 11.3 Å². The highest BCUT2D eigenvalue weighted by atomic mass is 32.1. The van der Waals surface area contributed by atoms with Crippen molar-refractivity contribution in [2.45, 2.75) is 0 Å². The predicted octanol–water partition coefficient (Wildman–Crippen LogP) is 3.07. The Kier molecular flexibility index (Phi) is 2.43. The normalized spacial score (nSPS) is 11.2. The van der Waals surface area contributed by atoms with Crippen LogP contribution in [0.25, 0.3) is 26.9 Å². The Morgan fingerprint density at radius 3 is 2.95 bits per heavy atom. The van der Waals surface area contributed by atoms with Gasteiger partial charge < -0.3 is 5.32 Å². The number of aromatic nitrogens is 4. The minimum absolute atomic E-state index is 0.606. The van der Waals surface area contributed by atoms with Gasteiger partial charge >= 0.3 is 0 Å². The smallest absolute Gasteiger partial charge is 0.225 e. The molecule has 98 valence electrons. The van der Waals surface area contributed by atoms with Gasteiger partial charge in [0.1, 0.15) is 4.83 Å². The lowest BCUT2D eigenvalue weighted by Gasteiger charge is -2.06. The van der Waals surface area contributed by atoms with Crippen LogP contribution in [0.2, 0.25) is 0 Å². The van der Waals surface area contributed by atoms with Crippen molar-refractivity contribution in [2.75, 3.05) is 12.4 Å². The summed E-state index contributed by atoms with van der Waals surface area (Å²) >= 11 is 1.60. The standard InChI is InChI=1S/C14H11N5S/c1-15-14-17-12(10-6-7-20-13(10)18-14)19-11-5-3-2-4-9(11)8-16-19/h2-8H,1H3,(H,15,17,18). The van der Waals surface area contributed by atoms with Gasteiger partial charge in [0.15, 0.2) is 5.82 Å². The largest absolute Gasteiger partial charge is 0.357 e. The summed E-state index contributed by atoms with van der Waals surface area (Å²) < 4.78 is 1.87. The summed E-state index contributed by atoms with van der Waals surface area (Å²) in [6.45, 7) is 0. The van der Waals surface area contributed by atoms with Crippen molar-refractivity contribution in [3.05, 3.63) is 41.9 Å². The lowest BCUT2D eigenvalue weighted by Crippen LogP contribution is -2.04. The van der Waals surface area contributed by atoms with E-state index in [1.165, 1.54) is 0 Å². The highest BCUT2D eigenvalue weighted by Gasteiger charge is 2.13. The van der Waals surface area contributed by atoms with Crippen molar-refractivity contribution >= 4 is 38.4 Å². The van der Waals surface area contributed by atoms with Gasteiger partial charge in [0, 0.05) is 12.4 Å². The fourth-order valence-corrected chi connectivity index (χ4v) is 3.01. The van der Waals surface area contributed by atoms with Crippen LogP contribution in [0.1, 0.15) is 0 Å². The van der Waals surface area contributed by atoms with E-state index in [4.69, 9.17) is 0 Å². The van der Waals surface area contributed by atoms with Gasteiger partial charge in [-0.05, 0) is 17.5 Å². The average molecular weight is 281 g/mol. The molecule has 0 fully saturated rings. The maximum Gasteiger partial charge on any atom is 0.225 e. The zero-order valence-electron chi connectivity index (χ0n) is 10.7. The second kappa shape index (κ2) is 4.28. The van der Waals surface area contributed by atoms with Crippen molar-refractivity contribution in [3.8, 4) is 5.82 Å². The number of anilines is 1. The van der Waals surface area contributed by atoms with Gasteiger partial charge in [-0.2, -0.15) is 10.1 Å². The molecule has 0 atom stereocenters. The average Bonchev–Trinajstić information content (AvgIpc) is 3.12. The van der Waals surface area contributed by atoms with Gasteiger partial charge in [-0.1, -0.05) is 18.2 Å². The van der Waals surface area contributed by atoms with Crippen LogP contribution in [-0.2, 0) is 0 Å². The van der Waals surface area contributed by atoms with Gasteiger partial charge in [-0.15, -0.1) is 11.3 Å². The van der Waals surface area contributed by atoms with Gasteiger partial charge in [0.2, 0.25) is 5.95 Å². The number of nitrogens with zero attached hydrogens (tertiary/aromatic N) is 4. The molecule has 4 rings (SSSR count). The van der Waals surface area contributed by atoms with Crippen molar-refractivity contribution in [1.29, 1.82) is 0 Å². The number of nitrogens with one attached hydrogen (secondary N) is 1. The number of hydrogen-bond donors (Lipinski definition) is 1. The van der Waals surface area contributed by atoms with Crippen LogP contribution in [0.4, 0.5) is 5.95 Å². The van der Waals surface area contributed by atoms with Gasteiger partial charge in [-0.25, -0.2) is 9.67 Å². The summed E-state index contributed by atoms with van der Waals surface area (Å²) in [5, 5.41) is 11.6. The highest BCUT2D eigenvalue weighted by molar-refractivity contribution is 7.16. The van der Waals surface area contributed by atoms with Crippen LogP contribution in [0.3, 0.4) is 0 Å². The highest BCUT2D eigenvalue weighted by Crippen LogP contribution is 2.27. The topological polar surface area (TPSA) is 55.6 Å². The van der Waals surface area contributed by atoms with E-state index in [-0.39, 0.29) is 0 Å². The molecule has 1 N–H and O–H groups in total. The van der Waals surface area contributed by atoms with E-state index in [0.717, 1.165) is 26.9 Å². The lowest BCUT2D eigenvalue weighted by molar-refractivity contribution is 0.880. The van der Waals surface area contributed by atoms with Crippen molar-refractivity contribution < 1.29 is 0 Å². The number of para-hydroxylation sites is 1. The zero-order chi connectivity index (χ0) is 13.5. The Labute approximate surface area is 118 Å². The number of rotatable bonds is 2. The van der Waals surface area contributed by atoms with E-state index in [9.17, 15) is 0 Å². The molecule has 3 aromatic heterocycles. The Bertz CT molecular complexity index is 908. The minimum Gasteiger partial charge on any atom is -0.357 e. The predicted molar refractivity (Wildman–Crippen MR) is 81.6 cm³/mol. The molecule has 20 heavy (non-hydrogen) atoms. The number of fused-ring (bicyclic) bond motifs is 2. The van der Waals surface area contributed by atoms with Crippen molar-refractivity contribution in [2.24, 2.45) is 0 Å². The number of benzene rings is 1. The van der Waals surface area contributed by atoms with E-state index in [0.29, 0.717) is 5.95 Å². The Hall–Kier alpha value is -2.47. The molecule has 0 aliphatic heterocycles. The Morgan fingerprint density at radius 2 is 2.05 bits per heavy atom. The fraction of sp³-hybridized carbons (Fsp3) is 0.0714. The summed E-state index contributed by atoms with van der Waals surface area (Å²) in [5.74, 6) is 1.41. The number of thiophene rings is 1. The second-order valence-corrected chi connectivity index (χ2v) is 5.27. The summed E-state index contributed by atoms with van der Waals surface area (Å²) in [5.41, 5.74) is 1.04. The summed E-state index contributed by atoms with van der Waals surface area (Å²) in [4.78, 5) is 9.99. The first-order valence-electron chi connectivity index (χ1n) is 6.23. The van der Waals surface area contributed by atoms with Gasteiger partial charge in [0.25, 0.3) is 0 Å². The molecule has 5 nitrogen and oxygen atoms in total. The third-order valence-corrected chi connectivity index (χ3v) is 4.01. The van der Waals surface area contributed by atoms with E-state index < -0.39 is 0 Å². The Balaban J connectivity index is 2.08. The van der Waals surface area contributed by atoms with Crippen LogP contribution in [-0.4, -0.2) is 26.8 Å². The van der Waals surface area contributed by atoms with Gasteiger partial charge in [0.05, 0.1) is 17.1 Å². The van der Waals surface area contributed by atoms with Crippen LogP contribution < -0.4 is 5.32 Å². The first-order chi connectivity index (χ1) is 9.86. The molecule has 0 aliphatic carbocycles. The molecule has 6 heteroatoms. The molecule has 0 radical (unpaired) electrons. The SMILES string of the molecule is CNc1nc(-n2ncc3ccccc32)c2ccsc2n1. The van der Waals surface area contributed by atoms with Crippen LogP contribution >= 0.6 is 11.3 Å². The van der Waals surface area contributed by atoms with E-state index in [2.05, 4.69) is 20.4 Å². The maximum absolute atomic E-state index is 4.57. The first-order valence-corrected chi connectivity index (χ1v) is 7.11. The first kappa shape index (κ1) is 11.4. The van der Waals surface area contributed by atoms with Gasteiger partial charge in [-0.3, -0.25) is 0 Å². The third-order valence-electron chi connectivity index (χ3n) is 3.21. The summed E-state index contributed by atoms with van der Waals surface area (Å²) in [7, 11) is 1.82. The third kappa shape index (κ3) is 1.58. The molecule has 0 saturated heterocycles. The Morgan fingerprint density at radius 1 is 1.15 bits per heavy atom. The second-order valence-electron chi connectivity index (χ2n) is 4.38. The van der Waals surface area contributed by atoms with E-state index in [1.807, 2.05) is 53.6 Å². The van der Waals surface area contributed by atoms with Crippen molar-refractivity contribution in [1.82, 2.24) is 19.7 Å². The molecule has 0 spiro atoms. The molecule has 4 aromatic rings. The molecule has 0 aliphatic rings. The molecule has 0 unspecified atom stereocenters. The van der Waals surface area contributed by atoms with Crippen LogP contribution in [0.5, 0.6) is 0 Å². The maximum atomic E-state index is 4.57. The quantitative estimate of drug-likeness (QED) is 0.613. The summed E-state index contributed by atoms with van der Waals surface area (Å²) in [6.07, 6.45) is 1.86.